The Hall–Kier alpha value is -2.59. The summed E-state index contributed by atoms with van der Waals surface area (Å²) < 4.78 is 0. The molecule has 128 valence electrons. The molecule has 1 aromatic heterocycles. The van der Waals surface area contributed by atoms with Crippen molar-refractivity contribution in [3.63, 3.8) is 0 Å². The van der Waals surface area contributed by atoms with Crippen molar-refractivity contribution in [2.75, 3.05) is 16.8 Å². The molecule has 0 bridgehead atoms. The molecule has 0 aliphatic rings. The quantitative estimate of drug-likeness (QED) is 0.661. The SMILES string of the molecule is CCN(c1cccc(C)c1)c1nccc(NCc2ccccc2Cl)n1. The summed E-state index contributed by atoms with van der Waals surface area (Å²) in [4.78, 5) is 11.2. The lowest BCUT2D eigenvalue weighted by atomic mass is 10.2. The highest BCUT2D eigenvalue weighted by Crippen LogP contribution is 2.24. The molecule has 0 saturated heterocycles. The van der Waals surface area contributed by atoms with E-state index in [1.54, 1.807) is 6.20 Å². The number of nitrogens with zero attached hydrogens (tertiary/aromatic N) is 3. The van der Waals surface area contributed by atoms with Crippen LogP contribution < -0.4 is 10.2 Å². The van der Waals surface area contributed by atoms with Gasteiger partial charge < -0.3 is 10.2 Å². The van der Waals surface area contributed by atoms with Crippen molar-refractivity contribution in [3.8, 4) is 0 Å². The van der Waals surface area contributed by atoms with Gasteiger partial charge in [-0.1, -0.05) is 41.9 Å². The van der Waals surface area contributed by atoms with Crippen LogP contribution in [0.15, 0.2) is 60.8 Å². The van der Waals surface area contributed by atoms with E-state index in [1.807, 2.05) is 36.4 Å². The Morgan fingerprint density at radius 3 is 2.68 bits per heavy atom. The van der Waals surface area contributed by atoms with E-state index in [4.69, 9.17) is 11.6 Å². The van der Waals surface area contributed by atoms with E-state index >= 15 is 0 Å². The maximum Gasteiger partial charge on any atom is 0.231 e. The van der Waals surface area contributed by atoms with Crippen molar-refractivity contribution in [1.82, 2.24) is 9.97 Å². The van der Waals surface area contributed by atoms with Crippen LogP contribution in [0.25, 0.3) is 0 Å². The van der Waals surface area contributed by atoms with Crippen molar-refractivity contribution in [1.29, 1.82) is 0 Å². The summed E-state index contributed by atoms with van der Waals surface area (Å²) in [7, 11) is 0. The Morgan fingerprint density at radius 1 is 1.08 bits per heavy atom. The van der Waals surface area contributed by atoms with Crippen LogP contribution in [0.5, 0.6) is 0 Å². The summed E-state index contributed by atoms with van der Waals surface area (Å²) in [5, 5.41) is 4.07. The molecule has 2 aromatic carbocycles. The monoisotopic (exact) mass is 352 g/mol. The van der Waals surface area contributed by atoms with Gasteiger partial charge >= 0.3 is 0 Å². The van der Waals surface area contributed by atoms with Crippen molar-refractivity contribution in [3.05, 3.63) is 76.9 Å². The molecular weight excluding hydrogens is 332 g/mol. The van der Waals surface area contributed by atoms with Gasteiger partial charge in [-0.15, -0.1) is 0 Å². The summed E-state index contributed by atoms with van der Waals surface area (Å²) in [5.74, 6) is 1.45. The number of hydrogen-bond donors (Lipinski definition) is 1. The van der Waals surface area contributed by atoms with Crippen molar-refractivity contribution < 1.29 is 0 Å². The third-order valence-electron chi connectivity index (χ3n) is 3.93. The predicted octanol–water partition coefficient (Wildman–Crippen LogP) is 5.21. The molecule has 3 rings (SSSR count). The van der Waals surface area contributed by atoms with Crippen LogP contribution in [-0.2, 0) is 6.54 Å². The maximum absolute atomic E-state index is 6.21. The molecular formula is C20H21ClN4. The smallest absolute Gasteiger partial charge is 0.231 e. The third kappa shape index (κ3) is 4.28. The number of nitrogens with one attached hydrogen (secondary N) is 1. The first-order valence-corrected chi connectivity index (χ1v) is 8.69. The first kappa shape index (κ1) is 17.2. The summed E-state index contributed by atoms with van der Waals surface area (Å²) >= 11 is 6.21. The van der Waals surface area contributed by atoms with Gasteiger partial charge in [0.25, 0.3) is 0 Å². The lowest BCUT2D eigenvalue weighted by Crippen LogP contribution is -2.19. The molecule has 1 N–H and O–H groups in total. The molecule has 0 atom stereocenters. The van der Waals surface area contributed by atoms with Gasteiger partial charge in [-0.2, -0.15) is 4.98 Å². The fourth-order valence-electron chi connectivity index (χ4n) is 2.64. The van der Waals surface area contributed by atoms with Gasteiger partial charge in [-0.05, 0) is 49.2 Å². The minimum atomic E-state index is 0.618. The largest absolute Gasteiger partial charge is 0.366 e. The molecule has 0 aliphatic heterocycles. The van der Waals surface area contributed by atoms with Crippen molar-refractivity contribution >= 4 is 29.1 Å². The summed E-state index contributed by atoms with van der Waals surface area (Å²) in [6, 6.07) is 18.0. The number of anilines is 3. The second kappa shape index (κ2) is 7.99. The molecule has 0 aliphatic carbocycles. The van der Waals surface area contributed by atoms with Crippen LogP contribution in [0.1, 0.15) is 18.1 Å². The number of benzene rings is 2. The van der Waals surface area contributed by atoms with Crippen molar-refractivity contribution in [2.24, 2.45) is 0 Å². The molecule has 4 nitrogen and oxygen atoms in total. The van der Waals surface area contributed by atoms with Gasteiger partial charge in [0.05, 0.1) is 0 Å². The van der Waals surface area contributed by atoms with E-state index in [-0.39, 0.29) is 0 Å². The van der Waals surface area contributed by atoms with Crippen LogP contribution in [0.2, 0.25) is 5.02 Å². The topological polar surface area (TPSA) is 41.1 Å². The molecule has 0 amide bonds. The fraction of sp³-hybridized carbons (Fsp3) is 0.200. The fourth-order valence-corrected chi connectivity index (χ4v) is 2.84. The lowest BCUT2D eigenvalue weighted by molar-refractivity contribution is 0.941. The molecule has 0 radical (unpaired) electrons. The minimum absolute atomic E-state index is 0.618. The molecule has 25 heavy (non-hydrogen) atoms. The summed E-state index contributed by atoms with van der Waals surface area (Å²) in [6.07, 6.45) is 1.77. The van der Waals surface area contributed by atoms with Crippen molar-refractivity contribution in [2.45, 2.75) is 20.4 Å². The Balaban J connectivity index is 1.79. The third-order valence-corrected chi connectivity index (χ3v) is 4.30. The van der Waals surface area contributed by atoms with Gasteiger partial charge in [-0.25, -0.2) is 4.98 Å². The molecule has 0 spiro atoms. The molecule has 3 aromatic rings. The number of halogens is 1. The first-order chi connectivity index (χ1) is 12.2. The Kier molecular flexibility index (Phi) is 5.51. The zero-order valence-electron chi connectivity index (χ0n) is 14.4. The average molecular weight is 353 g/mol. The molecule has 1 heterocycles. The van der Waals surface area contributed by atoms with Gasteiger partial charge in [0.2, 0.25) is 5.95 Å². The van der Waals surface area contributed by atoms with Gasteiger partial charge in [0, 0.05) is 30.0 Å². The zero-order valence-corrected chi connectivity index (χ0v) is 15.2. The highest BCUT2D eigenvalue weighted by Gasteiger charge is 2.11. The molecule has 0 saturated carbocycles. The Morgan fingerprint density at radius 2 is 1.92 bits per heavy atom. The average Bonchev–Trinajstić information content (AvgIpc) is 2.62. The molecule has 5 heteroatoms. The van der Waals surface area contributed by atoms with Crippen LogP contribution in [-0.4, -0.2) is 16.5 Å². The highest BCUT2D eigenvalue weighted by molar-refractivity contribution is 6.31. The normalized spacial score (nSPS) is 10.5. The number of aryl methyl sites for hydroxylation is 1. The van der Waals surface area contributed by atoms with E-state index < -0.39 is 0 Å². The number of hydrogen-bond acceptors (Lipinski definition) is 4. The maximum atomic E-state index is 6.21. The van der Waals surface area contributed by atoms with E-state index in [0.29, 0.717) is 12.5 Å². The molecule has 0 unspecified atom stereocenters. The molecule has 0 fully saturated rings. The predicted molar refractivity (Wildman–Crippen MR) is 105 cm³/mol. The van der Waals surface area contributed by atoms with Crippen LogP contribution in [0.3, 0.4) is 0 Å². The first-order valence-electron chi connectivity index (χ1n) is 8.32. The lowest BCUT2D eigenvalue weighted by Gasteiger charge is -2.21. The van der Waals surface area contributed by atoms with Crippen LogP contribution in [0, 0.1) is 6.92 Å². The number of rotatable bonds is 6. The van der Waals surface area contributed by atoms with Gasteiger partial charge in [-0.3, -0.25) is 0 Å². The second-order valence-corrected chi connectivity index (χ2v) is 6.18. The Labute approximate surface area is 153 Å². The van der Waals surface area contributed by atoms with E-state index in [0.717, 1.165) is 28.6 Å². The van der Waals surface area contributed by atoms with E-state index in [1.165, 1.54) is 5.56 Å². The number of aromatic nitrogens is 2. The zero-order chi connectivity index (χ0) is 17.6. The second-order valence-electron chi connectivity index (χ2n) is 5.77. The van der Waals surface area contributed by atoms with Gasteiger partial charge in [0.1, 0.15) is 5.82 Å². The van der Waals surface area contributed by atoms with Crippen LogP contribution >= 0.6 is 11.6 Å². The summed E-state index contributed by atoms with van der Waals surface area (Å²) in [5.41, 5.74) is 3.34. The minimum Gasteiger partial charge on any atom is -0.366 e. The van der Waals surface area contributed by atoms with Gasteiger partial charge in [0.15, 0.2) is 0 Å². The standard InChI is InChI=1S/C20H21ClN4/c1-3-25(17-9-6-7-15(2)13-17)20-22-12-11-19(24-20)23-14-16-8-4-5-10-18(16)21/h4-13H,3,14H2,1-2H3,(H,22,23,24). The Bertz CT molecular complexity index is 850. The van der Waals surface area contributed by atoms with Crippen LogP contribution in [0.4, 0.5) is 17.5 Å². The highest BCUT2D eigenvalue weighted by atomic mass is 35.5. The van der Waals surface area contributed by atoms with E-state index in [2.05, 4.69) is 52.2 Å². The summed E-state index contributed by atoms with van der Waals surface area (Å²) in [6.45, 7) is 5.58. The van der Waals surface area contributed by atoms with E-state index in [9.17, 15) is 0 Å².